The third-order valence-corrected chi connectivity index (χ3v) is 10.3. The quantitative estimate of drug-likeness (QED) is 0.242. The number of benzene rings is 3. The number of hydrogen-bond acceptors (Lipinski definition) is 4. The summed E-state index contributed by atoms with van der Waals surface area (Å²) in [6.45, 7) is 5.13. The van der Waals surface area contributed by atoms with E-state index < -0.39 is 28.5 Å². The van der Waals surface area contributed by atoms with Crippen LogP contribution < -0.4 is 9.62 Å². The van der Waals surface area contributed by atoms with Crippen molar-refractivity contribution in [2.75, 3.05) is 10.8 Å². The summed E-state index contributed by atoms with van der Waals surface area (Å²) >= 11 is 12.6. The highest BCUT2D eigenvalue weighted by atomic mass is 35.5. The maximum Gasteiger partial charge on any atom is 0.264 e. The first-order valence-corrected chi connectivity index (χ1v) is 16.9. The van der Waals surface area contributed by atoms with Crippen LogP contribution in [0.2, 0.25) is 10.0 Å². The first-order chi connectivity index (χ1) is 20.5. The Kier molecular flexibility index (Phi) is 11.2. The molecule has 0 bridgehead atoms. The smallest absolute Gasteiger partial charge is 0.264 e. The average Bonchev–Trinajstić information content (AvgIpc) is 2.98. The van der Waals surface area contributed by atoms with Crippen molar-refractivity contribution in [3.63, 3.8) is 0 Å². The van der Waals surface area contributed by atoms with Crippen LogP contribution >= 0.6 is 23.2 Å². The van der Waals surface area contributed by atoms with Gasteiger partial charge in [0.1, 0.15) is 12.6 Å². The normalized spacial score (nSPS) is 14.6. The van der Waals surface area contributed by atoms with Crippen molar-refractivity contribution < 1.29 is 18.0 Å². The van der Waals surface area contributed by atoms with Crippen molar-refractivity contribution in [2.24, 2.45) is 0 Å². The molecule has 0 saturated heterocycles. The van der Waals surface area contributed by atoms with Crippen molar-refractivity contribution in [3.05, 3.63) is 93.5 Å². The van der Waals surface area contributed by atoms with E-state index in [1.807, 2.05) is 20.8 Å². The highest BCUT2D eigenvalue weighted by molar-refractivity contribution is 7.92. The molecule has 43 heavy (non-hydrogen) atoms. The summed E-state index contributed by atoms with van der Waals surface area (Å²) in [5, 5.41) is 3.95. The lowest BCUT2D eigenvalue weighted by Crippen LogP contribution is -2.54. The molecule has 0 radical (unpaired) electrons. The molecule has 2 amide bonds. The number of carbonyl (C=O) groups excluding carboxylic acids is 2. The van der Waals surface area contributed by atoms with Crippen molar-refractivity contribution in [1.29, 1.82) is 0 Å². The van der Waals surface area contributed by atoms with Crippen LogP contribution in [0, 0.1) is 13.8 Å². The van der Waals surface area contributed by atoms with Gasteiger partial charge in [-0.1, -0.05) is 90.8 Å². The molecule has 1 unspecified atom stereocenters. The van der Waals surface area contributed by atoms with Crippen LogP contribution in [0.5, 0.6) is 0 Å². The van der Waals surface area contributed by atoms with E-state index in [1.165, 1.54) is 17.0 Å². The Morgan fingerprint density at radius 3 is 2.09 bits per heavy atom. The van der Waals surface area contributed by atoms with E-state index in [-0.39, 0.29) is 23.4 Å². The topological polar surface area (TPSA) is 86.8 Å². The SMILES string of the molecule is CCC(C(=O)NC1CCCCC1)N(Cc1ccc(Cl)cc1Cl)C(=O)CN(c1ccc(C)cc1)S(=O)(=O)c1ccc(C)cc1. The minimum atomic E-state index is -4.13. The van der Waals surface area contributed by atoms with Gasteiger partial charge in [0.05, 0.1) is 10.6 Å². The van der Waals surface area contributed by atoms with Gasteiger partial charge in [-0.05, 0) is 75.1 Å². The van der Waals surface area contributed by atoms with Crippen LogP contribution in [0.4, 0.5) is 5.69 Å². The number of aryl methyl sites for hydroxylation is 2. The molecule has 1 aliphatic carbocycles. The number of halogens is 2. The van der Waals surface area contributed by atoms with Crippen molar-refractivity contribution in [2.45, 2.75) is 82.8 Å². The standard InChI is InChI=1S/C33H39Cl2N3O4S/c1-4-31(33(40)36-27-8-6-5-7-9-27)37(21-25-14-15-26(34)20-30(25)35)32(39)22-38(28-16-10-23(2)11-17-28)43(41,42)29-18-12-24(3)13-19-29/h10-20,27,31H,4-9,21-22H2,1-3H3,(H,36,40). The summed E-state index contributed by atoms with van der Waals surface area (Å²) < 4.78 is 29.1. The number of hydrogen-bond donors (Lipinski definition) is 1. The largest absolute Gasteiger partial charge is 0.352 e. The minimum absolute atomic E-state index is 0.0117. The van der Waals surface area contributed by atoms with Crippen LogP contribution in [0.15, 0.2) is 71.6 Å². The van der Waals surface area contributed by atoms with Gasteiger partial charge in [0.2, 0.25) is 11.8 Å². The summed E-state index contributed by atoms with van der Waals surface area (Å²) in [5.41, 5.74) is 2.82. The highest BCUT2D eigenvalue weighted by Crippen LogP contribution is 2.28. The Labute approximate surface area is 265 Å². The second kappa shape index (κ2) is 14.6. The molecule has 0 heterocycles. The molecule has 10 heteroatoms. The lowest BCUT2D eigenvalue weighted by atomic mass is 9.95. The van der Waals surface area contributed by atoms with E-state index >= 15 is 0 Å². The second-order valence-electron chi connectivity index (χ2n) is 11.2. The molecule has 0 aromatic heterocycles. The molecule has 1 saturated carbocycles. The van der Waals surface area contributed by atoms with E-state index in [0.717, 1.165) is 47.5 Å². The lowest BCUT2D eigenvalue weighted by Gasteiger charge is -2.34. The fourth-order valence-electron chi connectivity index (χ4n) is 5.37. The summed E-state index contributed by atoms with van der Waals surface area (Å²) in [4.78, 5) is 29.5. The van der Waals surface area contributed by atoms with Crippen molar-refractivity contribution in [3.8, 4) is 0 Å². The third-order valence-electron chi connectivity index (χ3n) is 7.90. The molecule has 1 aliphatic rings. The van der Waals surface area contributed by atoms with Gasteiger partial charge in [-0.3, -0.25) is 13.9 Å². The molecule has 230 valence electrons. The first-order valence-electron chi connectivity index (χ1n) is 14.7. The first kappa shape index (κ1) is 32.8. The van der Waals surface area contributed by atoms with E-state index in [1.54, 1.807) is 54.6 Å². The molecule has 0 aliphatic heterocycles. The Hall–Kier alpha value is -3.07. The van der Waals surface area contributed by atoms with Gasteiger partial charge in [-0.15, -0.1) is 0 Å². The Bertz CT molecular complexity index is 1520. The average molecular weight is 645 g/mol. The molecular weight excluding hydrogens is 605 g/mol. The van der Waals surface area contributed by atoms with E-state index in [0.29, 0.717) is 27.7 Å². The van der Waals surface area contributed by atoms with Crippen molar-refractivity contribution in [1.82, 2.24) is 10.2 Å². The maximum absolute atomic E-state index is 14.3. The molecule has 1 atom stereocenters. The van der Waals surface area contributed by atoms with Crippen molar-refractivity contribution >= 4 is 50.7 Å². The van der Waals surface area contributed by atoms with Crippen LogP contribution in [0.1, 0.15) is 62.1 Å². The van der Waals surface area contributed by atoms with Gasteiger partial charge >= 0.3 is 0 Å². The molecular formula is C33H39Cl2N3O4S. The van der Waals surface area contributed by atoms with E-state index in [9.17, 15) is 18.0 Å². The molecule has 0 spiro atoms. The summed E-state index contributed by atoms with van der Waals surface area (Å²) in [6, 6.07) is 17.7. The minimum Gasteiger partial charge on any atom is -0.352 e. The number of sulfonamides is 1. The predicted octanol–water partition coefficient (Wildman–Crippen LogP) is 7.06. The van der Waals surface area contributed by atoms with Gasteiger partial charge < -0.3 is 10.2 Å². The Balaban J connectivity index is 1.72. The monoisotopic (exact) mass is 643 g/mol. The zero-order chi connectivity index (χ0) is 31.1. The van der Waals surface area contributed by atoms with Gasteiger partial charge in [0, 0.05) is 22.6 Å². The van der Waals surface area contributed by atoms with Crippen LogP contribution in [0.25, 0.3) is 0 Å². The summed E-state index contributed by atoms with van der Waals surface area (Å²) in [5.74, 6) is -0.774. The van der Waals surface area contributed by atoms with Gasteiger partial charge in [-0.2, -0.15) is 0 Å². The van der Waals surface area contributed by atoms with Gasteiger partial charge in [0.15, 0.2) is 0 Å². The predicted molar refractivity (Wildman–Crippen MR) is 173 cm³/mol. The Morgan fingerprint density at radius 1 is 0.907 bits per heavy atom. The molecule has 7 nitrogen and oxygen atoms in total. The summed E-state index contributed by atoms with van der Waals surface area (Å²) in [6.07, 6.45) is 5.38. The third kappa shape index (κ3) is 8.31. The molecule has 3 aromatic carbocycles. The number of rotatable bonds is 11. The number of anilines is 1. The molecule has 4 rings (SSSR count). The van der Waals surface area contributed by atoms with Crippen LogP contribution in [-0.2, 0) is 26.2 Å². The van der Waals surface area contributed by atoms with E-state index in [2.05, 4.69) is 5.32 Å². The molecule has 3 aromatic rings. The molecule has 1 N–H and O–H groups in total. The Morgan fingerprint density at radius 2 is 1.51 bits per heavy atom. The summed E-state index contributed by atoms with van der Waals surface area (Å²) in [7, 11) is -4.13. The second-order valence-corrected chi connectivity index (χ2v) is 13.9. The lowest BCUT2D eigenvalue weighted by molar-refractivity contribution is -0.140. The number of nitrogens with one attached hydrogen (secondary N) is 1. The van der Waals surface area contributed by atoms with E-state index in [4.69, 9.17) is 23.2 Å². The fourth-order valence-corrected chi connectivity index (χ4v) is 7.26. The fraction of sp³-hybridized carbons (Fsp3) is 0.394. The number of nitrogens with zero attached hydrogens (tertiary/aromatic N) is 2. The number of amides is 2. The zero-order valence-corrected chi connectivity index (χ0v) is 27.2. The zero-order valence-electron chi connectivity index (χ0n) is 24.9. The maximum atomic E-state index is 14.3. The highest BCUT2D eigenvalue weighted by Gasteiger charge is 2.34. The van der Waals surface area contributed by atoms with Gasteiger partial charge in [-0.25, -0.2) is 8.42 Å². The van der Waals surface area contributed by atoms with Crippen LogP contribution in [-0.4, -0.2) is 43.8 Å². The number of carbonyl (C=O) groups is 2. The molecule has 1 fully saturated rings. The van der Waals surface area contributed by atoms with Crippen LogP contribution in [0.3, 0.4) is 0 Å². The van der Waals surface area contributed by atoms with Gasteiger partial charge in [0.25, 0.3) is 10.0 Å².